The summed E-state index contributed by atoms with van der Waals surface area (Å²) in [6.07, 6.45) is -3.85. The van der Waals surface area contributed by atoms with E-state index >= 15 is 0 Å². The molecule has 0 spiro atoms. The van der Waals surface area contributed by atoms with Crippen molar-refractivity contribution in [1.29, 1.82) is 0 Å². The molecule has 0 atom stereocenters. The minimum atomic E-state index is -4.83. The number of hydrogen-bond acceptors (Lipinski definition) is 3. The molecule has 1 N–H and O–H groups in total. The van der Waals surface area contributed by atoms with Gasteiger partial charge in [-0.25, -0.2) is 9.18 Å². The minimum Gasteiger partial charge on any atom is -0.486 e. The van der Waals surface area contributed by atoms with Crippen molar-refractivity contribution in [2.24, 2.45) is 0 Å². The lowest BCUT2D eigenvalue weighted by Gasteiger charge is -2.10. The summed E-state index contributed by atoms with van der Waals surface area (Å²) in [6.45, 7) is -0.282. The zero-order chi connectivity index (χ0) is 15.6. The fourth-order valence-corrected chi connectivity index (χ4v) is 1.53. The Kier molecular flexibility index (Phi) is 3.88. The average Bonchev–Trinajstić information content (AvgIpc) is 2.85. The molecule has 1 aromatic carbocycles. The second-order valence-corrected chi connectivity index (χ2v) is 4.03. The first-order valence-corrected chi connectivity index (χ1v) is 5.57. The third-order valence-electron chi connectivity index (χ3n) is 2.53. The van der Waals surface area contributed by atoms with Gasteiger partial charge in [0.1, 0.15) is 30.2 Å². The van der Waals surface area contributed by atoms with E-state index in [-0.39, 0.29) is 23.7 Å². The third-order valence-corrected chi connectivity index (χ3v) is 2.53. The molecule has 4 nitrogen and oxygen atoms in total. The molecule has 0 radical (unpaired) electrons. The van der Waals surface area contributed by atoms with Crippen LogP contribution in [0.2, 0.25) is 0 Å². The van der Waals surface area contributed by atoms with Crippen LogP contribution in [0.3, 0.4) is 0 Å². The molecule has 0 aliphatic rings. The number of carboxylic acid groups (broad SMARTS) is 1. The molecule has 1 heterocycles. The van der Waals surface area contributed by atoms with Crippen LogP contribution in [0.5, 0.6) is 5.75 Å². The fraction of sp³-hybridized carbons (Fsp3) is 0.154. The van der Waals surface area contributed by atoms with Crippen molar-refractivity contribution in [3.63, 3.8) is 0 Å². The van der Waals surface area contributed by atoms with Gasteiger partial charge in [0.25, 0.3) is 0 Å². The van der Waals surface area contributed by atoms with Gasteiger partial charge in [0.2, 0.25) is 0 Å². The molecule has 0 saturated carbocycles. The van der Waals surface area contributed by atoms with Crippen molar-refractivity contribution in [3.8, 4) is 5.75 Å². The Hall–Kier alpha value is -2.51. The summed E-state index contributed by atoms with van der Waals surface area (Å²) < 4.78 is 60.5. The van der Waals surface area contributed by atoms with E-state index in [0.717, 1.165) is 12.3 Å². The van der Waals surface area contributed by atoms with Gasteiger partial charge in [0.05, 0.1) is 11.1 Å². The molecule has 1 aromatic heterocycles. The smallest absolute Gasteiger partial charge is 0.419 e. The molecule has 0 aliphatic heterocycles. The largest absolute Gasteiger partial charge is 0.486 e. The van der Waals surface area contributed by atoms with Gasteiger partial charge in [-0.2, -0.15) is 13.2 Å². The molecule has 8 heteroatoms. The van der Waals surface area contributed by atoms with Crippen LogP contribution in [0.4, 0.5) is 17.6 Å². The Morgan fingerprint density at radius 3 is 2.57 bits per heavy atom. The maximum Gasteiger partial charge on any atom is 0.419 e. The Labute approximate surface area is 115 Å². The van der Waals surface area contributed by atoms with E-state index in [1.54, 1.807) is 0 Å². The lowest BCUT2D eigenvalue weighted by Crippen LogP contribution is -2.08. The molecule has 0 unspecified atom stereocenters. The van der Waals surface area contributed by atoms with Crippen molar-refractivity contribution in [1.82, 2.24) is 0 Å². The molecular formula is C13H8F4O4. The number of carbonyl (C=O) groups is 1. The second-order valence-electron chi connectivity index (χ2n) is 4.03. The van der Waals surface area contributed by atoms with Crippen molar-refractivity contribution in [2.75, 3.05) is 0 Å². The first-order chi connectivity index (χ1) is 9.77. The van der Waals surface area contributed by atoms with E-state index in [4.69, 9.17) is 14.3 Å². The molecule has 0 aliphatic carbocycles. The maximum absolute atomic E-state index is 13.1. The Bertz CT molecular complexity index is 660. The molecule has 2 aromatic rings. The first kappa shape index (κ1) is 14.9. The number of halogens is 4. The SMILES string of the molecule is O=C(O)c1coc(COc2ccc(F)c(C(F)(F)F)c2)c1. The van der Waals surface area contributed by atoms with Crippen molar-refractivity contribution < 1.29 is 36.6 Å². The molecular weight excluding hydrogens is 296 g/mol. The molecule has 2 rings (SSSR count). The van der Waals surface area contributed by atoms with E-state index in [1.807, 2.05) is 0 Å². The standard InChI is InChI=1S/C13H8F4O4/c14-11-2-1-8(4-10(11)13(15,16)17)21-6-9-3-7(5-20-9)12(18)19/h1-5H,6H2,(H,18,19). The molecule has 0 bridgehead atoms. The maximum atomic E-state index is 13.1. The van der Waals surface area contributed by atoms with Crippen LogP contribution in [0.1, 0.15) is 21.7 Å². The number of ether oxygens (including phenoxy) is 1. The Morgan fingerprint density at radius 2 is 2.00 bits per heavy atom. The van der Waals surface area contributed by atoms with E-state index in [0.29, 0.717) is 12.1 Å². The van der Waals surface area contributed by atoms with Crippen molar-refractivity contribution >= 4 is 5.97 Å². The van der Waals surface area contributed by atoms with E-state index in [9.17, 15) is 22.4 Å². The average molecular weight is 304 g/mol. The van der Waals surface area contributed by atoms with Crippen LogP contribution in [0.25, 0.3) is 0 Å². The van der Waals surface area contributed by atoms with Gasteiger partial charge in [0.15, 0.2) is 0 Å². The van der Waals surface area contributed by atoms with Gasteiger partial charge >= 0.3 is 12.1 Å². The summed E-state index contributed by atoms with van der Waals surface area (Å²) >= 11 is 0. The molecule has 21 heavy (non-hydrogen) atoms. The quantitative estimate of drug-likeness (QED) is 0.875. The summed E-state index contributed by atoms with van der Waals surface area (Å²) in [5, 5.41) is 8.67. The highest BCUT2D eigenvalue weighted by Crippen LogP contribution is 2.33. The number of furan rings is 1. The van der Waals surface area contributed by atoms with Crippen molar-refractivity contribution in [3.05, 3.63) is 53.2 Å². The lowest BCUT2D eigenvalue weighted by molar-refractivity contribution is -0.140. The normalized spacial score (nSPS) is 11.4. The number of rotatable bonds is 4. The van der Waals surface area contributed by atoms with Crippen LogP contribution < -0.4 is 4.74 Å². The predicted octanol–water partition coefficient (Wildman–Crippen LogP) is 3.71. The Morgan fingerprint density at radius 1 is 1.29 bits per heavy atom. The van der Waals surface area contributed by atoms with Gasteiger partial charge in [-0.3, -0.25) is 0 Å². The van der Waals surface area contributed by atoms with Gasteiger partial charge in [-0.05, 0) is 24.3 Å². The van der Waals surface area contributed by atoms with Crippen molar-refractivity contribution in [2.45, 2.75) is 12.8 Å². The second kappa shape index (κ2) is 5.47. The van der Waals surface area contributed by atoms with Gasteiger partial charge < -0.3 is 14.3 Å². The summed E-state index contributed by atoms with van der Waals surface area (Å²) in [7, 11) is 0. The zero-order valence-corrected chi connectivity index (χ0v) is 10.3. The number of hydrogen-bond donors (Lipinski definition) is 1. The fourth-order valence-electron chi connectivity index (χ4n) is 1.53. The lowest BCUT2D eigenvalue weighted by atomic mass is 10.2. The topological polar surface area (TPSA) is 59.7 Å². The highest BCUT2D eigenvalue weighted by Gasteiger charge is 2.34. The number of benzene rings is 1. The van der Waals surface area contributed by atoms with E-state index in [1.165, 1.54) is 6.07 Å². The molecule has 0 fully saturated rings. The predicted molar refractivity (Wildman–Crippen MR) is 61.4 cm³/mol. The van der Waals surface area contributed by atoms with Gasteiger partial charge in [0, 0.05) is 0 Å². The Balaban J connectivity index is 2.11. The minimum absolute atomic E-state index is 0.108. The highest BCUT2D eigenvalue weighted by atomic mass is 19.4. The molecule has 112 valence electrons. The molecule has 0 amide bonds. The number of alkyl halides is 3. The third kappa shape index (κ3) is 3.53. The monoisotopic (exact) mass is 304 g/mol. The summed E-state index contributed by atoms with van der Waals surface area (Å²) in [5.74, 6) is -2.70. The van der Waals surface area contributed by atoms with Crippen LogP contribution >= 0.6 is 0 Å². The van der Waals surface area contributed by atoms with Crippen LogP contribution in [-0.2, 0) is 12.8 Å². The molecule has 0 saturated heterocycles. The summed E-state index contributed by atoms with van der Waals surface area (Å²) in [5.41, 5.74) is -1.55. The number of carboxylic acids is 1. The van der Waals surface area contributed by atoms with Crippen LogP contribution in [-0.4, -0.2) is 11.1 Å². The van der Waals surface area contributed by atoms with Crippen LogP contribution in [0, 0.1) is 5.82 Å². The summed E-state index contributed by atoms with van der Waals surface area (Å²) in [6, 6.07) is 3.38. The van der Waals surface area contributed by atoms with Gasteiger partial charge in [-0.15, -0.1) is 0 Å². The zero-order valence-electron chi connectivity index (χ0n) is 10.3. The van der Waals surface area contributed by atoms with E-state index in [2.05, 4.69) is 0 Å². The number of aromatic carboxylic acids is 1. The summed E-state index contributed by atoms with van der Waals surface area (Å²) in [4.78, 5) is 10.6. The van der Waals surface area contributed by atoms with Crippen LogP contribution in [0.15, 0.2) is 34.9 Å². The van der Waals surface area contributed by atoms with E-state index < -0.39 is 23.5 Å². The first-order valence-electron chi connectivity index (χ1n) is 5.57. The highest BCUT2D eigenvalue weighted by molar-refractivity contribution is 5.87. The van der Waals surface area contributed by atoms with Gasteiger partial charge in [-0.1, -0.05) is 0 Å².